The van der Waals surface area contributed by atoms with Gasteiger partial charge in [-0.25, -0.2) is 9.98 Å². The minimum absolute atomic E-state index is 0.695. The van der Waals surface area contributed by atoms with Crippen LogP contribution in [0.4, 0.5) is 5.13 Å². The number of hydrogen-bond acceptors (Lipinski definition) is 6. The molecule has 158 valence electrons. The monoisotopic (exact) mass is 415 g/mol. The number of nitrogens with one attached hydrogen (secondary N) is 1. The van der Waals surface area contributed by atoms with Gasteiger partial charge in [-0.1, -0.05) is 31.2 Å². The molecule has 29 heavy (non-hydrogen) atoms. The molecular formula is C21H33N7S. The fourth-order valence-electron chi connectivity index (χ4n) is 3.41. The van der Waals surface area contributed by atoms with Crippen molar-refractivity contribution in [2.75, 3.05) is 51.7 Å². The highest BCUT2D eigenvalue weighted by Gasteiger charge is 2.22. The van der Waals surface area contributed by atoms with Crippen LogP contribution in [0.2, 0.25) is 0 Å². The van der Waals surface area contributed by atoms with Crippen molar-refractivity contribution in [2.45, 2.75) is 33.4 Å². The zero-order valence-corrected chi connectivity index (χ0v) is 18.9. The van der Waals surface area contributed by atoms with E-state index in [2.05, 4.69) is 81.6 Å². The third-order valence-corrected chi connectivity index (χ3v) is 5.67. The summed E-state index contributed by atoms with van der Waals surface area (Å²) < 4.78 is 4.42. The van der Waals surface area contributed by atoms with E-state index in [0.717, 1.165) is 62.6 Å². The Labute approximate surface area is 178 Å². The quantitative estimate of drug-likeness (QED) is 0.554. The molecule has 0 unspecified atom stereocenters. The summed E-state index contributed by atoms with van der Waals surface area (Å²) in [5.41, 5.74) is 2.57. The Morgan fingerprint density at radius 1 is 1.17 bits per heavy atom. The minimum atomic E-state index is 0.695. The van der Waals surface area contributed by atoms with Crippen molar-refractivity contribution in [3.05, 3.63) is 41.2 Å². The second kappa shape index (κ2) is 10.5. The average molecular weight is 416 g/mol. The Hall–Kier alpha value is -2.19. The molecule has 1 aliphatic rings. The largest absolute Gasteiger partial charge is 0.357 e. The summed E-state index contributed by atoms with van der Waals surface area (Å²) in [5, 5.41) is 4.50. The highest BCUT2D eigenvalue weighted by molar-refractivity contribution is 7.09. The van der Waals surface area contributed by atoms with Crippen LogP contribution in [0.5, 0.6) is 0 Å². The third-order valence-electron chi connectivity index (χ3n) is 4.86. The van der Waals surface area contributed by atoms with Crippen LogP contribution in [-0.2, 0) is 19.5 Å². The lowest BCUT2D eigenvalue weighted by atomic mass is 10.1. The lowest BCUT2D eigenvalue weighted by molar-refractivity contribution is 0.372. The van der Waals surface area contributed by atoms with Gasteiger partial charge < -0.3 is 20.0 Å². The van der Waals surface area contributed by atoms with E-state index < -0.39 is 0 Å². The first-order chi connectivity index (χ1) is 14.1. The van der Waals surface area contributed by atoms with Gasteiger partial charge in [0, 0.05) is 57.2 Å². The van der Waals surface area contributed by atoms with Crippen molar-refractivity contribution in [1.82, 2.24) is 24.5 Å². The van der Waals surface area contributed by atoms with Crippen LogP contribution in [0.3, 0.4) is 0 Å². The lowest BCUT2D eigenvalue weighted by Gasteiger charge is -2.36. The van der Waals surface area contributed by atoms with Gasteiger partial charge in [-0.3, -0.25) is 0 Å². The van der Waals surface area contributed by atoms with Crippen molar-refractivity contribution in [2.24, 2.45) is 4.99 Å². The number of benzene rings is 1. The van der Waals surface area contributed by atoms with Crippen LogP contribution in [0.1, 0.15) is 30.8 Å². The molecule has 1 saturated heterocycles. The topological polar surface area (TPSA) is 59.9 Å². The molecule has 3 rings (SSSR count). The van der Waals surface area contributed by atoms with Gasteiger partial charge >= 0.3 is 0 Å². The summed E-state index contributed by atoms with van der Waals surface area (Å²) in [6.07, 6.45) is 0.892. The van der Waals surface area contributed by atoms with Crippen LogP contribution in [0, 0.1) is 0 Å². The predicted octanol–water partition coefficient (Wildman–Crippen LogP) is 2.45. The molecule has 0 spiro atoms. The first kappa shape index (κ1) is 21.5. The van der Waals surface area contributed by atoms with Crippen molar-refractivity contribution < 1.29 is 0 Å². The molecular weight excluding hydrogens is 382 g/mol. The molecule has 7 nitrogen and oxygen atoms in total. The first-order valence-corrected chi connectivity index (χ1v) is 11.2. The van der Waals surface area contributed by atoms with Crippen LogP contribution < -0.4 is 10.2 Å². The number of aliphatic imine (C=N–C) groups is 1. The number of piperazine rings is 1. The molecule has 0 aliphatic carbocycles. The maximum atomic E-state index is 4.92. The SMILES string of the molecule is CCNC(=NCc1cccc(CN(C)C)c1)N1CCN(c2nc(CC)ns2)CC1. The fraction of sp³-hybridized carbons (Fsp3) is 0.571. The summed E-state index contributed by atoms with van der Waals surface area (Å²) in [6.45, 7) is 10.5. The Balaban J connectivity index is 1.61. The van der Waals surface area contributed by atoms with Crippen molar-refractivity contribution in [1.29, 1.82) is 0 Å². The van der Waals surface area contributed by atoms with Gasteiger partial charge in [0.15, 0.2) is 5.96 Å². The van der Waals surface area contributed by atoms with Crippen LogP contribution in [0.15, 0.2) is 29.3 Å². The summed E-state index contributed by atoms with van der Waals surface area (Å²) in [4.78, 5) is 16.4. The van der Waals surface area contributed by atoms with Crippen molar-refractivity contribution in [3.63, 3.8) is 0 Å². The van der Waals surface area contributed by atoms with Gasteiger partial charge in [-0.05, 0) is 32.1 Å². The van der Waals surface area contributed by atoms with E-state index in [1.54, 1.807) is 0 Å². The zero-order valence-electron chi connectivity index (χ0n) is 18.1. The summed E-state index contributed by atoms with van der Waals surface area (Å²) in [6, 6.07) is 8.72. The second-order valence-electron chi connectivity index (χ2n) is 7.55. The molecule has 0 saturated carbocycles. The number of hydrogen-bond donors (Lipinski definition) is 1. The van der Waals surface area contributed by atoms with Crippen molar-refractivity contribution >= 4 is 22.6 Å². The van der Waals surface area contributed by atoms with Crippen LogP contribution >= 0.6 is 11.5 Å². The molecule has 0 amide bonds. The number of nitrogens with zero attached hydrogens (tertiary/aromatic N) is 6. The van der Waals surface area contributed by atoms with Crippen LogP contribution in [-0.4, -0.2) is 71.9 Å². The zero-order chi connectivity index (χ0) is 20.6. The lowest BCUT2D eigenvalue weighted by Crippen LogP contribution is -2.52. The smallest absolute Gasteiger partial charge is 0.205 e. The standard InChI is InChI=1S/C21H33N7S/c1-5-19-24-21(29-25-19)28-12-10-27(11-13-28)20(22-6-2)23-15-17-8-7-9-18(14-17)16-26(3)4/h7-9,14H,5-6,10-13,15-16H2,1-4H3,(H,22,23). The molecule has 1 N–H and O–H groups in total. The van der Waals surface area contributed by atoms with Gasteiger partial charge in [-0.2, -0.15) is 4.37 Å². The Bertz CT molecular complexity index is 794. The summed E-state index contributed by atoms with van der Waals surface area (Å²) >= 11 is 1.51. The Kier molecular flexibility index (Phi) is 7.83. The van der Waals surface area contributed by atoms with E-state index in [0.29, 0.717) is 6.54 Å². The maximum Gasteiger partial charge on any atom is 0.205 e. The molecule has 1 aliphatic heterocycles. The van der Waals surface area contributed by atoms with Gasteiger partial charge in [0.1, 0.15) is 5.82 Å². The normalized spacial score (nSPS) is 15.3. The molecule has 0 bridgehead atoms. The van der Waals surface area contributed by atoms with Gasteiger partial charge in [-0.15, -0.1) is 0 Å². The van der Waals surface area contributed by atoms with Crippen molar-refractivity contribution in [3.8, 4) is 0 Å². The molecule has 2 heterocycles. The highest BCUT2D eigenvalue weighted by Crippen LogP contribution is 2.19. The maximum absolute atomic E-state index is 4.92. The van der Waals surface area contributed by atoms with Gasteiger partial charge in [0.2, 0.25) is 5.13 Å². The fourth-order valence-corrected chi connectivity index (χ4v) is 4.21. The Morgan fingerprint density at radius 3 is 2.59 bits per heavy atom. The average Bonchev–Trinajstić information content (AvgIpc) is 3.20. The molecule has 0 atom stereocenters. The number of aryl methyl sites for hydroxylation is 1. The highest BCUT2D eigenvalue weighted by atomic mass is 32.1. The number of rotatable bonds is 7. The Morgan fingerprint density at radius 2 is 1.93 bits per heavy atom. The van der Waals surface area contributed by atoms with Gasteiger partial charge in [0.25, 0.3) is 0 Å². The second-order valence-corrected chi connectivity index (χ2v) is 8.28. The van der Waals surface area contributed by atoms with Crippen LogP contribution in [0.25, 0.3) is 0 Å². The number of guanidine groups is 1. The van der Waals surface area contributed by atoms with E-state index in [-0.39, 0.29) is 0 Å². The molecule has 1 aromatic carbocycles. The molecule has 0 radical (unpaired) electrons. The predicted molar refractivity (Wildman–Crippen MR) is 122 cm³/mol. The third kappa shape index (κ3) is 6.14. The first-order valence-electron chi connectivity index (χ1n) is 10.4. The summed E-state index contributed by atoms with van der Waals surface area (Å²) in [7, 11) is 4.19. The van der Waals surface area contributed by atoms with E-state index >= 15 is 0 Å². The molecule has 2 aromatic rings. The number of anilines is 1. The van der Waals surface area contributed by atoms with E-state index in [1.165, 1.54) is 22.7 Å². The molecule has 8 heteroatoms. The molecule has 1 fully saturated rings. The van der Waals surface area contributed by atoms with E-state index in [4.69, 9.17) is 4.99 Å². The van der Waals surface area contributed by atoms with E-state index in [1.807, 2.05) is 0 Å². The molecule has 1 aromatic heterocycles. The minimum Gasteiger partial charge on any atom is -0.357 e. The van der Waals surface area contributed by atoms with Gasteiger partial charge in [0.05, 0.1) is 6.54 Å². The van der Waals surface area contributed by atoms with E-state index in [9.17, 15) is 0 Å². The number of aromatic nitrogens is 2. The summed E-state index contributed by atoms with van der Waals surface area (Å²) in [5.74, 6) is 1.94.